The lowest BCUT2D eigenvalue weighted by molar-refractivity contribution is 1.13. The SMILES string of the molecule is c1ccc(-n2c3ccccc3c3ccc4c5ccccc5n(-c5cccc(N(c6cccc(-n7c8ccccc8c8ccc9c%10ccccc%10n(-c%10ccccc%10)c9c87)c6)c6cccc(-n7c8ccccc8c8ccc9c%10ccccc%10n(-c%10ccccc%10)c9c87)c6)c5)c4c32)cc1. The fourth-order valence-electron chi connectivity index (χ4n) is 16.6. The van der Waals surface area contributed by atoms with Gasteiger partial charge in [0.2, 0.25) is 0 Å². The first-order chi connectivity index (χ1) is 48.2. The Morgan fingerprint density at radius 1 is 0.144 bits per heavy atom. The fourth-order valence-corrected chi connectivity index (χ4v) is 16.6. The molecule has 21 aromatic rings. The highest BCUT2D eigenvalue weighted by Crippen LogP contribution is 2.48. The molecule has 6 aromatic heterocycles. The van der Waals surface area contributed by atoms with Gasteiger partial charge in [0.05, 0.1) is 66.2 Å². The van der Waals surface area contributed by atoms with Crippen molar-refractivity contribution in [3.8, 4) is 34.1 Å². The molecular weight excluding hydrogens is 1180 g/mol. The molecule has 0 saturated carbocycles. The summed E-state index contributed by atoms with van der Waals surface area (Å²) in [5, 5.41) is 14.5. The molecule has 15 aromatic carbocycles. The van der Waals surface area contributed by atoms with Crippen molar-refractivity contribution in [1.82, 2.24) is 27.4 Å². The van der Waals surface area contributed by atoms with Gasteiger partial charge in [0.1, 0.15) is 0 Å². The minimum absolute atomic E-state index is 1.01. The molecule has 0 radical (unpaired) electrons. The molecule has 21 rings (SSSR count). The number of benzene rings is 15. The lowest BCUT2D eigenvalue weighted by Gasteiger charge is -2.27. The third-order valence-electron chi connectivity index (χ3n) is 20.5. The van der Waals surface area contributed by atoms with E-state index in [4.69, 9.17) is 0 Å². The third kappa shape index (κ3) is 7.67. The van der Waals surface area contributed by atoms with Gasteiger partial charge < -0.3 is 32.3 Å². The van der Waals surface area contributed by atoms with Crippen LogP contribution in [-0.2, 0) is 0 Å². The first-order valence-corrected chi connectivity index (χ1v) is 33.3. The van der Waals surface area contributed by atoms with Gasteiger partial charge in [-0.3, -0.25) is 0 Å². The summed E-state index contributed by atoms with van der Waals surface area (Å²) >= 11 is 0. The van der Waals surface area contributed by atoms with Crippen LogP contribution in [0.4, 0.5) is 17.1 Å². The average Bonchev–Trinajstić information content (AvgIpc) is 1.56. The van der Waals surface area contributed by atoms with E-state index in [-0.39, 0.29) is 0 Å². The molecule has 0 fully saturated rings. The summed E-state index contributed by atoms with van der Waals surface area (Å²) in [7, 11) is 0. The van der Waals surface area contributed by atoms with E-state index in [0.29, 0.717) is 0 Å². The maximum atomic E-state index is 2.52. The standard InChI is InChI=1S/C90H57N7/c1-4-25-58(26-5-1)92-79-43-16-10-37-67(79)73-49-52-76-70-40-13-19-46-82(70)95(88(76)85(73)92)64-34-22-31-61(55-64)91(62-32-23-35-65(56-62)96-83-47-20-14-41-71(83)77-53-50-74-68-38-11-17-44-80(68)93(86(74)89(77)96)59-27-6-2-7-28-59)63-33-24-36-66(57-63)97-84-48-21-15-42-72(84)78-54-51-75-69-39-12-18-45-81(69)94(87(75)90(78)97)60-29-8-3-9-30-60/h1-57H. The molecule has 0 N–H and O–H groups in total. The molecule has 0 aliphatic rings. The zero-order chi connectivity index (χ0) is 63.4. The normalized spacial score (nSPS) is 12.1. The summed E-state index contributed by atoms with van der Waals surface area (Å²) in [5.41, 5.74) is 23.4. The Morgan fingerprint density at radius 3 is 0.557 bits per heavy atom. The Morgan fingerprint density at radius 2 is 0.330 bits per heavy atom. The van der Waals surface area contributed by atoms with Crippen LogP contribution in [0.3, 0.4) is 0 Å². The number of rotatable bonds is 9. The second kappa shape index (κ2) is 20.7. The van der Waals surface area contributed by atoms with Crippen molar-refractivity contribution >= 4 is 148 Å². The van der Waals surface area contributed by atoms with E-state index < -0.39 is 0 Å². The lowest BCUT2D eigenvalue weighted by atomic mass is 10.1. The van der Waals surface area contributed by atoms with Crippen molar-refractivity contribution in [1.29, 1.82) is 0 Å². The van der Waals surface area contributed by atoms with E-state index in [9.17, 15) is 0 Å². The van der Waals surface area contributed by atoms with Gasteiger partial charge in [-0.05, 0) is 127 Å². The van der Waals surface area contributed by atoms with E-state index in [1.165, 1.54) is 97.7 Å². The fraction of sp³-hybridized carbons (Fsp3) is 0. The van der Waals surface area contributed by atoms with Gasteiger partial charge in [0, 0.05) is 116 Å². The summed E-state index contributed by atoms with van der Waals surface area (Å²) in [6, 6.07) is 128. The van der Waals surface area contributed by atoms with Gasteiger partial charge in [0.15, 0.2) is 0 Å². The van der Waals surface area contributed by atoms with Crippen molar-refractivity contribution in [2.45, 2.75) is 0 Å². The molecular formula is C90H57N7. The summed E-state index contributed by atoms with van der Waals surface area (Å²) < 4.78 is 15.0. The van der Waals surface area contributed by atoms with Crippen LogP contribution in [0.25, 0.3) is 165 Å². The van der Waals surface area contributed by atoms with Crippen LogP contribution in [0.1, 0.15) is 0 Å². The molecule has 0 spiro atoms. The molecule has 0 aliphatic heterocycles. The van der Waals surface area contributed by atoms with Gasteiger partial charge in [-0.25, -0.2) is 0 Å². The lowest BCUT2D eigenvalue weighted by Crippen LogP contribution is -2.12. The average molecular weight is 1240 g/mol. The van der Waals surface area contributed by atoms with Crippen molar-refractivity contribution in [3.63, 3.8) is 0 Å². The molecule has 0 bridgehead atoms. The molecule has 97 heavy (non-hydrogen) atoms. The van der Waals surface area contributed by atoms with Crippen LogP contribution in [0.2, 0.25) is 0 Å². The predicted molar refractivity (Wildman–Crippen MR) is 407 cm³/mol. The van der Waals surface area contributed by atoms with Crippen molar-refractivity contribution < 1.29 is 0 Å². The zero-order valence-electron chi connectivity index (χ0n) is 52.5. The monoisotopic (exact) mass is 1240 g/mol. The second-order valence-electron chi connectivity index (χ2n) is 25.6. The van der Waals surface area contributed by atoms with Crippen LogP contribution in [0, 0.1) is 0 Å². The van der Waals surface area contributed by atoms with Crippen LogP contribution >= 0.6 is 0 Å². The topological polar surface area (TPSA) is 32.8 Å². The number of aromatic nitrogens is 6. The van der Waals surface area contributed by atoms with E-state index in [0.717, 1.165) is 84.3 Å². The Hall–Kier alpha value is -13.1. The molecule has 0 aliphatic carbocycles. The second-order valence-corrected chi connectivity index (χ2v) is 25.6. The molecule has 7 heteroatoms. The summed E-state index contributed by atoms with van der Waals surface area (Å²) in [4.78, 5) is 2.48. The minimum atomic E-state index is 1.01. The van der Waals surface area contributed by atoms with Crippen molar-refractivity contribution in [2.75, 3.05) is 4.90 Å². The molecule has 0 unspecified atom stereocenters. The minimum Gasteiger partial charge on any atom is -0.310 e. The Kier molecular flexibility index (Phi) is 11.4. The van der Waals surface area contributed by atoms with Gasteiger partial charge in [-0.2, -0.15) is 0 Å². The summed E-state index contributed by atoms with van der Waals surface area (Å²) in [6.45, 7) is 0. The number of anilines is 3. The number of hydrogen-bond acceptors (Lipinski definition) is 1. The molecule has 0 amide bonds. The Labute approximate surface area is 556 Å². The van der Waals surface area contributed by atoms with Gasteiger partial charge >= 0.3 is 0 Å². The van der Waals surface area contributed by atoms with Crippen molar-refractivity contribution in [3.05, 3.63) is 346 Å². The van der Waals surface area contributed by atoms with Gasteiger partial charge in [0.25, 0.3) is 0 Å². The quantitative estimate of drug-likeness (QED) is 0.142. The predicted octanol–water partition coefficient (Wildman–Crippen LogP) is 23.7. The highest BCUT2D eigenvalue weighted by molar-refractivity contribution is 6.27. The number of hydrogen-bond donors (Lipinski definition) is 0. The van der Waals surface area contributed by atoms with E-state index in [2.05, 4.69) is 378 Å². The van der Waals surface area contributed by atoms with Crippen molar-refractivity contribution in [2.24, 2.45) is 0 Å². The third-order valence-corrected chi connectivity index (χ3v) is 20.5. The number of nitrogens with zero attached hydrogens (tertiary/aromatic N) is 7. The highest BCUT2D eigenvalue weighted by Gasteiger charge is 2.27. The number of fused-ring (bicyclic) bond motifs is 21. The van der Waals surface area contributed by atoms with Gasteiger partial charge in [-0.1, -0.05) is 218 Å². The first-order valence-electron chi connectivity index (χ1n) is 33.3. The van der Waals surface area contributed by atoms with E-state index >= 15 is 0 Å². The summed E-state index contributed by atoms with van der Waals surface area (Å²) in [5.74, 6) is 0. The van der Waals surface area contributed by atoms with E-state index in [1.807, 2.05) is 0 Å². The summed E-state index contributed by atoms with van der Waals surface area (Å²) in [6.07, 6.45) is 0. The van der Waals surface area contributed by atoms with Crippen LogP contribution < -0.4 is 4.90 Å². The molecule has 6 heterocycles. The zero-order valence-corrected chi connectivity index (χ0v) is 52.5. The van der Waals surface area contributed by atoms with Gasteiger partial charge in [-0.15, -0.1) is 0 Å². The molecule has 7 nitrogen and oxygen atoms in total. The highest BCUT2D eigenvalue weighted by atomic mass is 15.2. The smallest absolute Gasteiger partial charge is 0.0788 e. The van der Waals surface area contributed by atoms with Crippen LogP contribution in [-0.4, -0.2) is 27.4 Å². The largest absolute Gasteiger partial charge is 0.310 e. The Bertz CT molecular complexity index is 6160. The van der Waals surface area contributed by atoms with Crippen LogP contribution in [0.15, 0.2) is 346 Å². The van der Waals surface area contributed by atoms with Crippen LogP contribution in [0.5, 0.6) is 0 Å². The Balaban J connectivity index is 0.847. The molecule has 0 saturated heterocycles. The van der Waals surface area contributed by atoms with E-state index in [1.54, 1.807) is 0 Å². The molecule has 0 atom stereocenters. The first kappa shape index (κ1) is 53.4. The maximum Gasteiger partial charge on any atom is 0.0788 e. The maximum absolute atomic E-state index is 2.52. The molecule has 452 valence electrons. The number of para-hydroxylation sites is 9.